The van der Waals surface area contributed by atoms with E-state index in [4.69, 9.17) is 10.6 Å². The van der Waals surface area contributed by atoms with Crippen LogP contribution in [-0.2, 0) is 29.4 Å². The molecule has 252 valence electrons. The number of pyridine rings is 1. The maximum atomic E-state index is 13.1. The minimum absolute atomic E-state index is 0.0332. The Labute approximate surface area is 267 Å². The minimum atomic E-state index is -4.92. The van der Waals surface area contributed by atoms with Crippen LogP contribution in [-0.4, -0.2) is 115 Å². The van der Waals surface area contributed by atoms with E-state index in [0.717, 1.165) is 37.4 Å². The van der Waals surface area contributed by atoms with Gasteiger partial charge in [-0.2, -0.15) is 8.42 Å². The molecular formula is C23H26N10O12S2. The van der Waals surface area contributed by atoms with Crippen LogP contribution < -0.4 is 26.6 Å². The van der Waals surface area contributed by atoms with Gasteiger partial charge >= 0.3 is 28.2 Å². The molecule has 0 bridgehead atoms. The molecule has 2 aliphatic heterocycles. The number of nitrogen functional groups attached to an aromatic ring is 1. The van der Waals surface area contributed by atoms with E-state index in [0.29, 0.717) is 9.91 Å². The fraction of sp³-hybridized carbons (Fsp3) is 0.348. The molecule has 2 aromatic rings. The zero-order valence-electron chi connectivity index (χ0n) is 24.4. The zero-order valence-corrected chi connectivity index (χ0v) is 26.0. The third-order valence-corrected chi connectivity index (χ3v) is 8.63. The molecule has 2 saturated heterocycles. The maximum absolute atomic E-state index is 13.1. The number of hydrogen-bond donors (Lipinski definition) is 7. The zero-order chi connectivity index (χ0) is 35.0. The number of rotatable bonds is 10. The summed E-state index contributed by atoms with van der Waals surface area (Å²) in [5.74, 6) is -5.20. The van der Waals surface area contributed by atoms with E-state index >= 15 is 0 Å². The molecule has 47 heavy (non-hydrogen) atoms. The summed E-state index contributed by atoms with van der Waals surface area (Å²) in [6, 6.07) is -4.50. The van der Waals surface area contributed by atoms with Crippen molar-refractivity contribution in [1.82, 2.24) is 39.6 Å². The first-order chi connectivity index (χ1) is 21.8. The summed E-state index contributed by atoms with van der Waals surface area (Å²) in [7, 11) is -4.92. The van der Waals surface area contributed by atoms with Crippen molar-refractivity contribution < 1.29 is 52.2 Å². The number of aromatic amines is 1. The van der Waals surface area contributed by atoms with Gasteiger partial charge in [-0.3, -0.25) is 29.5 Å². The predicted molar refractivity (Wildman–Crippen MR) is 157 cm³/mol. The summed E-state index contributed by atoms with van der Waals surface area (Å²) in [6.45, 7) is 2.73. The number of hydrogen-bond acceptors (Lipinski definition) is 15. The number of carboxylic acids is 1. The van der Waals surface area contributed by atoms with Crippen LogP contribution in [0.4, 0.5) is 14.7 Å². The fourth-order valence-electron chi connectivity index (χ4n) is 3.94. The number of β-lactam (4-membered cyclic amide) rings is 1. The lowest BCUT2D eigenvalue weighted by molar-refractivity contribution is -0.161. The van der Waals surface area contributed by atoms with Crippen molar-refractivity contribution in [2.75, 3.05) is 18.8 Å². The van der Waals surface area contributed by atoms with Crippen LogP contribution in [0, 0.1) is 0 Å². The summed E-state index contributed by atoms with van der Waals surface area (Å²) in [4.78, 5) is 98.4. The average Bonchev–Trinajstić information content (AvgIpc) is 3.58. The number of nitrogens with two attached hydrogens (primary N) is 1. The Kier molecular flexibility index (Phi) is 9.10. The summed E-state index contributed by atoms with van der Waals surface area (Å²) in [5, 5.41) is 26.4. The second kappa shape index (κ2) is 12.5. The summed E-state index contributed by atoms with van der Waals surface area (Å²) in [5.41, 5.74) is 3.94. The highest BCUT2D eigenvalue weighted by atomic mass is 32.2. The second-order valence-corrected chi connectivity index (χ2v) is 12.8. The maximum Gasteiger partial charge on any atom is 0.353 e. The summed E-state index contributed by atoms with van der Waals surface area (Å²) >= 11 is 0.929. The molecular weight excluding hydrogens is 672 g/mol. The lowest BCUT2D eigenvalue weighted by Gasteiger charge is -2.43. The predicted octanol–water partition coefficient (Wildman–Crippen LogP) is -2.54. The van der Waals surface area contributed by atoms with Crippen molar-refractivity contribution >= 4 is 68.1 Å². The van der Waals surface area contributed by atoms with E-state index < -0.39 is 87.1 Å². The number of aromatic hydroxyl groups is 1. The van der Waals surface area contributed by atoms with Crippen LogP contribution >= 0.6 is 11.3 Å². The molecule has 24 heteroatoms. The van der Waals surface area contributed by atoms with E-state index in [1.165, 1.54) is 12.3 Å². The molecule has 7 amide bonds. The monoisotopic (exact) mass is 698 g/mol. The number of carbonyl (C=O) groups is 6. The van der Waals surface area contributed by atoms with Gasteiger partial charge in [-0.15, -0.1) is 11.3 Å². The Balaban J connectivity index is 1.39. The molecule has 0 aromatic carbocycles. The number of aromatic nitrogens is 2. The van der Waals surface area contributed by atoms with Crippen LogP contribution in [0.15, 0.2) is 27.6 Å². The third kappa shape index (κ3) is 6.91. The molecule has 4 heterocycles. The molecule has 0 saturated carbocycles. The molecule has 2 aliphatic rings. The number of urea groups is 2. The molecule has 2 fully saturated rings. The first-order valence-electron chi connectivity index (χ1n) is 13.1. The van der Waals surface area contributed by atoms with Gasteiger partial charge in [0.1, 0.15) is 17.4 Å². The Morgan fingerprint density at radius 3 is 2.47 bits per heavy atom. The van der Waals surface area contributed by atoms with Crippen molar-refractivity contribution in [3.05, 3.63) is 39.3 Å². The van der Waals surface area contributed by atoms with Gasteiger partial charge in [0.15, 0.2) is 16.6 Å². The SMILES string of the molecule is C[C@H]1[C@H](NC(=O)/C(=N\OC(C)(C)C(=O)O)c2csc(N)n2)C(=O)N1C(=O)NS(=O)(=O)N1CCN(NC(=O)c2cc(=O)c(O)c[nH]2)C1=O. The van der Waals surface area contributed by atoms with E-state index in [1.807, 2.05) is 0 Å². The van der Waals surface area contributed by atoms with Crippen molar-refractivity contribution in [1.29, 1.82) is 0 Å². The summed E-state index contributed by atoms with van der Waals surface area (Å²) in [6.07, 6.45) is 0.838. The van der Waals surface area contributed by atoms with Crippen LogP contribution in [0.25, 0.3) is 0 Å². The Morgan fingerprint density at radius 1 is 1.21 bits per heavy atom. The number of anilines is 1. The van der Waals surface area contributed by atoms with Crippen molar-refractivity contribution in [3.63, 3.8) is 0 Å². The average molecular weight is 699 g/mol. The van der Waals surface area contributed by atoms with Gasteiger partial charge in [-0.05, 0) is 20.8 Å². The lowest BCUT2D eigenvalue weighted by atomic mass is 9.97. The molecule has 0 aliphatic carbocycles. The number of likely N-dealkylation sites (tertiary alicyclic amines) is 1. The van der Waals surface area contributed by atoms with E-state index in [1.54, 1.807) is 4.72 Å². The largest absolute Gasteiger partial charge is 0.503 e. The fourth-order valence-corrected chi connectivity index (χ4v) is 5.54. The number of aliphatic carboxylic acids is 1. The standard InChI is InChI=1S/C23H26N10O12S2/c1-9-14(27-17(37)15(11-8-46-20(24)26-11)29-45-23(2,3)19(39)40)18(38)33(9)21(41)30-47(43,44)32-5-4-31(22(32)42)28-16(36)10-6-12(34)13(35)7-25-10/h6-9,14,35H,4-5H2,1-3H3,(H2,24,26)(H,25,34)(H,27,37)(H,28,36)(H,30,41)(H,39,40)/b29-15-/t9-,14-/m0/s1. The highest BCUT2D eigenvalue weighted by Gasteiger charge is 2.51. The Hall–Kier alpha value is -5.78. The molecule has 8 N–H and O–H groups in total. The van der Waals surface area contributed by atoms with Crippen molar-refractivity contribution in [2.24, 2.45) is 5.16 Å². The van der Waals surface area contributed by atoms with E-state index in [2.05, 4.69) is 25.9 Å². The molecule has 0 spiro atoms. The number of nitrogens with one attached hydrogen (secondary N) is 4. The van der Waals surface area contributed by atoms with Gasteiger partial charge in [-0.25, -0.2) is 33.4 Å². The molecule has 2 aromatic heterocycles. The minimum Gasteiger partial charge on any atom is -0.503 e. The quantitative estimate of drug-likeness (QED) is 0.0764. The smallest absolute Gasteiger partial charge is 0.353 e. The number of nitrogens with zero attached hydrogens (tertiary/aromatic N) is 5. The number of thiazole rings is 1. The topological polar surface area (TPSA) is 316 Å². The van der Waals surface area contributed by atoms with Crippen LogP contribution in [0.2, 0.25) is 0 Å². The third-order valence-electron chi connectivity index (χ3n) is 6.61. The normalized spacial score (nSPS) is 18.4. The van der Waals surface area contributed by atoms with Gasteiger partial charge in [0.05, 0.1) is 19.1 Å². The summed E-state index contributed by atoms with van der Waals surface area (Å²) < 4.78 is 27.5. The molecule has 0 unspecified atom stereocenters. The molecule has 2 atom stereocenters. The highest BCUT2D eigenvalue weighted by molar-refractivity contribution is 7.88. The van der Waals surface area contributed by atoms with Gasteiger partial charge in [0, 0.05) is 17.6 Å². The number of oxime groups is 1. The first-order valence-corrected chi connectivity index (χ1v) is 15.4. The highest BCUT2D eigenvalue weighted by Crippen LogP contribution is 2.22. The van der Waals surface area contributed by atoms with Crippen LogP contribution in [0.5, 0.6) is 5.75 Å². The van der Waals surface area contributed by atoms with Gasteiger partial charge in [0.2, 0.25) is 11.0 Å². The number of H-pyrrole nitrogens is 1. The Bertz CT molecular complexity index is 1870. The molecule has 4 rings (SSSR count). The first kappa shape index (κ1) is 34.1. The number of hydrazine groups is 1. The number of carboxylic acid groups (broad SMARTS) is 1. The second-order valence-electron chi connectivity index (χ2n) is 10.3. The number of amides is 7. The van der Waals surface area contributed by atoms with Crippen LogP contribution in [0.3, 0.4) is 0 Å². The van der Waals surface area contributed by atoms with Gasteiger partial charge in [0.25, 0.3) is 17.7 Å². The van der Waals surface area contributed by atoms with Crippen LogP contribution in [0.1, 0.15) is 37.0 Å². The Morgan fingerprint density at radius 2 is 1.89 bits per heavy atom. The lowest BCUT2D eigenvalue weighted by Crippen LogP contribution is -2.73. The molecule has 22 nitrogen and oxygen atoms in total. The van der Waals surface area contributed by atoms with E-state index in [9.17, 15) is 52.2 Å². The van der Waals surface area contributed by atoms with Crippen molar-refractivity contribution in [2.45, 2.75) is 38.5 Å². The van der Waals surface area contributed by atoms with Gasteiger partial charge < -0.3 is 31.1 Å². The number of imide groups is 1. The number of carbonyl (C=O) groups excluding carboxylic acids is 5. The van der Waals surface area contributed by atoms with Crippen molar-refractivity contribution in [3.8, 4) is 5.75 Å². The molecule has 0 radical (unpaired) electrons. The van der Waals surface area contributed by atoms with E-state index in [-0.39, 0.29) is 27.4 Å². The van der Waals surface area contributed by atoms with Gasteiger partial charge in [-0.1, -0.05) is 5.16 Å².